The van der Waals surface area contributed by atoms with Gasteiger partial charge >= 0.3 is 0 Å². The Morgan fingerprint density at radius 3 is 2.55 bits per heavy atom. The fraction of sp³-hybridized carbons (Fsp3) is 0.200. The van der Waals surface area contributed by atoms with Crippen molar-refractivity contribution in [1.82, 2.24) is 0 Å². The summed E-state index contributed by atoms with van der Waals surface area (Å²) in [5, 5.41) is 3.29. The largest absolute Gasteiger partial charge is 0.493 e. The van der Waals surface area contributed by atoms with Crippen LogP contribution in [0, 0.1) is 0 Å². The minimum atomic E-state index is 0.239. The van der Waals surface area contributed by atoms with Gasteiger partial charge in [0.05, 0.1) is 25.6 Å². The highest BCUT2D eigenvalue weighted by Gasteiger charge is 2.18. The molecule has 2 aromatic rings. The molecule has 0 aliphatic carbocycles. The van der Waals surface area contributed by atoms with Gasteiger partial charge in [0.1, 0.15) is 0 Å². The summed E-state index contributed by atoms with van der Waals surface area (Å²) >= 11 is 0. The molecule has 2 aromatic carbocycles. The third kappa shape index (κ3) is 2.07. The Morgan fingerprint density at radius 2 is 1.75 bits per heavy atom. The zero-order chi connectivity index (χ0) is 13.9. The van der Waals surface area contributed by atoms with Crippen LogP contribution < -0.4 is 24.3 Å². The SMILES string of the molecule is COc1cccc(Nc2cccc3c2OCO3)c1OC. The molecule has 1 aliphatic rings. The van der Waals surface area contributed by atoms with Crippen molar-refractivity contribution in [2.24, 2.45) is 0 Å². The smallest absolute Gasteiger partial charge is 0.231 e. The number of nitrogens with one attached hydrogen (secondary N) is 1. The van der Waals surface area contributed by atoms with E-state index < -0.39 is 0 Å². The molecule has 1 N–H and O–H groups in total. The maximum absolute atomic E-state index is 5.48. The minimum absolute atomic E-state index is 0.239. The maximum Gasteiger partial charge on any atom is 0.231 e. The van der Waals surface area contributed by atoms with E-state index in [1.807, 2.05) is 36.4 Å². The summed E-state index contributed by atoms with van der Waals surface area (Å²) in [6.07, 6.45) is 0. The summed E-state index contributed by atoms with van der Waals surface area (Å²) in [4.78, 5) is 0. The quantitative estimate of drug-likeness (QED) is 0.927. The van der Waals surface area contributed by atoms with Crippen LogP contribution in [-0.2, 0) is 0 Å². The number of rotatable bonds is 4. The van der Waals surface area contributed by atoms with Crippen molar-refractivity contribution >= 4 is 11.4 Å². The van der Waals surface area contributed by atoms with Crippen molar-refractivity contribution in [3.63, 3.8) is 0 Å². The van der Waals surface area contributed by atoms with Gasteiger partial charge in [0.2, 0.25) is 6.79 Å². The summed E-state index contributed by atoms with van der Waals surface area (Å²) < 4.78 is 21.5. The lowest BCUT2D eigenvalue weighted by atomic mass is 10.2. The molecule has 3 rings (SSSR count). The molecule has 0 radical (unpaired) electrons. The average Bonchev–Trinajstić information content (AvgIpc) is 2.96. The molecule has 5 heteroatoms. The van der Waals surface area contributed by atoms with Crippen LogP contribution in [-0.4, -0.2) is 21.0 Å². The lowest BCUT2D eigenvalue weighted by Crippen LogP contribution is -1.98. The first-order chi connectivity index (χ1) is 9.83. The molecule has 0 bridgehead atoms. The maximum atomic E-state index is 5.48. The van der Waals surface area contributed by atoms with Crippen LogP contribution in [0.15, 0.2) is 36.4 Å². The second-order valence-electron chi connectivity index (χ2n) is 4.21. The summed E-state index contributed by atoms with van der Waals surface area (Å²) in [5.41, 5.74) is 1.63. The van der Waals surface area contributed by atoms with E-state index in [1.165, 1.54) is 0 Å². The van der Waals surface area contributed by atoms with Crippen LogP contribution in [0.5, 0.6) is 23.0 Å². The molecule has 104 valence electrons. The Labute approximate surface area is 117 Å². The molecule has 0 fully saturated rings. The van der Waals surface area contributed by atoms with Gasteiger partial charge in [-0.25, -0.2) is 0 Å². The van der Waals surface area contributed by atoms with E-state index in [-0.39, 0.29) is 6.79 Å². The van der Waals surface area contributed by atoms with Crippen LogP contribution in [0.4, 0.5) is 11.4 Å². The number of anilines is 2. The molecule has 0 saturated carbocycles. The van der Waals surface area contributed by atoms with Crippen LogP contribution in [0.3, 0.4) is 0 Å². The highest BCUT2D eigenvalue weighted by molar-refractivity contribution is 5.75. The first kappa shape index (κ1) is 12.5. The lowest BCUT2D eigenvalue weighted by molar-refractivity contribution is 0.174. The van der Waals surface area contributed by atoms with E-state index in [9.17, 15) is 0 Å². The van der Waals surface area contributed by atoms with Crippen LogP contribution >= 0.6 is 0 Å². The zero-order valence-electron chi connectivity index (χ0n) is 11.3. The third-order valence-corrected chi connectivity index (χ3v) is 3.07. The van der Waals surface area contributed by atoms with Gasteiger partial charge in [0, 0.05) is 0 Å². The highest BCUT2D eigenvalue weighted by atomic mass is 16.7. The van der Waals surface area contributed by atoms with Gasteiger partial charge in [-0.3, -0.25) is 0 Å². The Kier molecular flexibility index (Phi) is 3.25. The number of methoxy groups -OCH3 is 2. The molecule has 5 nitrogen and oxygen atoms in total. The Bertz CT molecular complexity index is 627. The number of hydrogen-bond acceptors (Lipinski definition) is 5. The normalized spacial score (nSPS) is 12.1. The molecule has 0 atom stereocenters. The van der Waals surface area contributed by atoms with E-state index in [0.29, 0.717) is 17.2 Å². The van der Waals surface area contributed by atoms with E-state index in [0.717, 1.165) is 17.1 Å². The number of para-hydroxylation sites is 2. The molecule has 1 heterocycles. The van der Waals surface area contributed by atoms with Gasteiger partial charge in [-0.05, 0) is 24.3 Å². The lowest BCUT2D eigenvalue weighted by Gasteiger charge is -2.15. The molecule has 0 amide bonds. The van der Waals surface area contributed by atoms with Gasteiger partial charge in [-0.1, -0.05) is 12.1 Å². The van der Waals surface area contributed by atoms with Crippen molar-refractivity contribution in [3.8, 4) is 23.0 Å². The van der Waals surface area contributed by atoms with E-state index in [4.69, 9.17) is 18.9 Å². The Hall–Kier alpha value is -2.56. The molecular formula is C15H15NO4. The number of benzene rings is 2. The first-order valence-corrected chi connectivity index (χ1v) is 6.20. The summed E-state index contributed by atoms with van der Waals surface area (Å²) in [6, 6.07) is 11.4. The Morgan fingerprint density at radius 1 is 0.950 bits per heavy atom. The standard InChI is InChI=1S/C15H15NO4/c1-17-12-7-3-5-10(14(12)18-2)16-11-6-4-8-13-15(11)20-9-19-13/h3-8,16H,9H2,1-2H3. The van der Waals surface area contributed by atoms with Crippen LogP contribution in [0.2, 0.25) is 0 Å². The predicted octanol–water partition coefficient (Wildman–Crippen LogP) is 3.18. The van der Waals surface area contributed by atoms with Gasteiger partial charge < -0.3 is 24.3 Å². The third-order valence-electron chi connectivity index (χ3n) is 3.07. The van der Waals surface area contributed by atoms with Crippen LogP contribution in [0.25, 0.3) is 0 Å². The molecule has 0 unspecified atom stereocenters. The van der Waals surface area contributed by atoms with E-state index in [2.05, 4.69) is 5.32 Å². The molecule has 20 heavy (non-hydrogen) atoms. The van der Waals surface area contributed by atoms with Gasteiger partial charge in [-0.2, -0.15) is 0 Å². The van der Waals surface area contributed by atoms with Crippen molar-refractivity contribution in [2.45, 2.75) is 0 Å². The fourth-order valence-electron chi connectivity index (χ4n) is 2.16. The molecule has 0 aromatic heterocycles. The second-order valence-corrected chi connectivity index (χ2v) is 4.21. The summed E-state index contributed by atoms with van der Waals surface area (Å²) in [7, 11) is 3.22. The molecular weight excluding hydrogens is 258 g/mol. The van der Waals surface area contributed by atoms with Gasteiger partial charge in [-0.15, -0.1) is 0 Å². The summed E-state index contributed by atoms with van der Waals surface area (Å²) in [6.45, 7) is 0.239. The monoisotopic (exact) mass is 273 g/mol. The summed E-state index contributed by atoms with van der Waals surface area (Å²) in [5.74, 6) is 2.75. The highest BCUT2D eigenvalue weighted by Crippen LogP contribution is 2.43. The minimum Gasteiger partial charge on any atom is -0.493 e. The topological polar surface area (TPSA) is 49.0 Å². The van der Waals surface area contributed by atoms with E-state index in [1.54, 1.807) is 14.2 Å². The van der Waals surface area contributed by atoms with Crippen LogP contribution in [0.1, 0.15) is 0 Å². The number of ether oxygens (including phenoxy) is 4. The molecule has 0 saturated heterocycles. The molecule has 0 spiro atoms. The van der Waals surface area contributed by atoms with Gasteiger partial charge in [0.15, 0.2) is 23.0 Å². The number of hydrogen-bond donors (Lipinski definition) is 1. The van der Waals surface area contributed by atoms with Crippen molar-refractivity contribution in [2.75, 3.05) is 26.3 Å². The van der Waals surface area contributed by atoms with Crippen molar-refractivity contribution < 1.29 is 18.9 Å². The van der Waals surface area contributed by atoms with Gasteiger partial charge in [0.25, 0.3) is 0 Å². The zero-order valence-corrected chi connectivity index (χ0v) is 11.3. The second kappa shape index (κ2) is 5.21. The molecule has 1 aliphatic heterocycles. The number of fused-ring (bicyclic) bond motifs is 1. The van der Waals surface area contributed by atoms with Crippen molar-refractivity contribution in [3.05, 3.63) is 36.4 Å². The van der Waals surface area contributed by atoms with Crippen molar-refractivity contribution in [1.29, 1.82) is 0 Å². The average molecular weight is 273 g/mol. The Balaban J connectivity index is 1.98. The fourth-order valence-corrected chi connectivity index (χ4v) is 2.16. The predicted molar refractivity (Wildman–Crippen MR) is 75.4 cm³/mol. The first-order valence-electron chi connectivity index (χ1n) is 6.20. The van der Waals surface area contributed by atoms with E-state index >= 15 is 0 Å².